The molecule has 0 aromatic heterocycles. The van der Waals surface area contributed by atoms with Crippen LogP contribution in [0.25, 0.3) is 0 Å². The van der Waals surface area contributed by atoms with Crippen LogP contribution in [0.5, 0.6) is 0 Å². The molecule has 1 aliphatic carbocycles. The average molecular weight is 353 g/mol. The SMILES string of the molecule is CCCCCC(C(C)(C)C)(C(C)(C)C)C12CC(C)CC(C)(C)C1OO2. The lowest BCUT2D eigenvalue weighted by Gasteiger charge is -2.72. The molecule has 0 amide bonds. The van der Waals surface area contributed by atoms with Gasteiger partial charge in [0.25, 0.3) is 0 Å². The molecular formula is C23H44O2. The fourth-order valence-electron chi connectivity index (χ4n) is 7.18. The van der Waals surface area contributed by atoms with Crippen molar-refractivity contribution in [1.29, 1.82) is 0 Å². The van der Waals surface area contributed by atoms with Crippen molar-refractivity contribution in [1.82, 2.24) is 0 Å². The van der Waals surface area contributed by atoms with Crippen LogP contribution in [0, 0.1) is 27.6 Å². The zero-order valence-electron chi connectivity index (χ0n) is 18.7. The van der Waals surface area contributed by atoms with Gasteiger partial charge in [-0.3, -0.25) is 0 Å². The van der Waals surface area contributed by atoms with Crippen LogP contribution in [0.15, 0.2) is 0 Å². The van der Waals surface area contributed by atoms with E-state index in [2.05, 4.69) is 69.2 Å². The highest BCUT2D eigenvalue weighted by Gasteiger charge is 2.75. The van der Waals surface area contributed by atoms with E-state index in [-0.39, 0.29) is 33.4 Å². The fourth-order valence-corrected chi connectivity index (χ4v) is 7.18. The lowest BCUT2D eigenvalue weighted by Crippen LogP contribution is -2.78. The maximum Gasteiger partial charge on any atom is 0.140 e. The van der Waals surface area contributed by atoms with Gasteiger partial charge < -0.3 is 0 Å². The van der Waals surface area contributed by atoms with Crippen LogP contribution in [0.4, 0.5) is 0 Å². The first-order valence-corrected chi connectivity index (χ1v) is 10.6. The van der Waals surface area contributed by atoms with Crippen LogP contribution >= 0.6 is 0 Å². The molecule has 3 atom stereocenters. The quantitative estimate of drug-likeness (QED) is 0.385. The molecule has 2 fully saturated rings. The Morgan fingerprint density at radius 2 is 1.48 bits per heavy atom. The minimum absolute atomic E-state index is 0.0804. The molecule has 0 aromatic rings. The van der Waals surface area contributed by atoms with Gasteiger partial charge in [-0.15, -0.1) is 0 Å². The highest BCUT2D eigenvalue weighted by molar-refractivity contribution is 5.20. The van der Waals surface area contributed by atoms with Gasteiger partial charge in [-0.25, -0.2) is 9.78 Å². The molecule has 1 saturated heterocycles. The van der Waals surface area contributed by atoms with Crippen LogP contribution in [-0.4, -0.2) is 11.7 Å². The second kappa shape index (κ2) is 6.51. The molecule has 25 heavy (non-hydrogen) atoms. The molecule has 1 aliphatic heterocycles. The third kappa shape index (κ3) is 3.10. The molecule has 0 N–H and O–H groups in total. The second-order valence-corrected chi connectivity index (χ2v) is 11.8. The molecule has 0 spiro atoms. The Labute approximate surface area is 157 Å². The molecule has 2 nitrogen and oxygen atoms in total. The highest BCUT2D eigenvalue weighted by Crippen LogP contribution is 2.70. The standard InChI is InChI=1S/C23H44O2/c1-11-12-13-14-23(19(3,4)5,20(6,7)8)22-16-17(2)15-21(9,10)18(22)24-25-22/h17-18H,11-16H2,1-10H3. The molecule has 2 heteroatoms. The van der Waals surface area contributed by atoms with Crippen LogP contribution in [0.2, 0.25) is 0 Å². The maximum atomic E-state index is 6.28. The molecule has 1 heterocycles. The van der Waals surface area contributed by atoms with Crippen molar-refractivity contribution < 1.29 is 9.78 Å². The maximum absolute atomic E-state index is 6.28. The number of rotatable bonds is 5. The first-order valence-electron chi connectivity index (χ1n) is 10.6. The lowest BCUT2D eigenvalue weighted by atomic mass is 9.40. The summed E-state index contributed by atoms with van der Waals surface area (Å²) in [6.07, 6.45) is 7.61. The summed E-state index contributed by atoms with van der Waals surface area (Å²) in [5, 5.41) is 0. The van der Waals surface area contributed by atoms with Crippen molar-refractivity contribution in [3.8, 4) is 0 Å². The predicted octanol–water partition coefficient (Wildman–Crippen LogP) is 7.17. The van der Waals surface area contributed by atoms with E-state index in [9.17, 15) is 0 Å². The van der Waals surface area contributed by atoms with E-state index >= 15 is 0 Å². The second-order valence-electron chi connectivity index (χ2n) is 11.8. The van der Waals surface area contributed by atoms with Gasteiger partial charge in [-0.2, -0.15) is 0 Å². The third-order valence-electron chi connectivity index (χ3n) is 7.39. The van der Waals surface area contributed by atoms with E-state index in [4.69, 9.17) is 9.78 Å². The molecule has 148 valence electrons. The van der Waals surface area contributed by atoms with Crippen molar-refractivity contribution in [2.45, 2.75) is 119 Å². The number of hydrogen-bond donors (Lipinski definition) is 0. The van der Waals surface area contributed by atoms with Gasteiger partial charge in [0.15, 0.2) is 0 Å². The Bertz CT molecular complexity index is 451. The van der Waals surface area contributed by atoms with Crippen LogP contribution < -0.4 is 0 Å². The van der Waals surface area contributed by atoms with Crippen molar-refractivity contribution in [3.05, 3.63) is 0 Å². The summed E-state index contributed by atoms with van der Waals surface area (Å²) in [5.74, 6) is 0.672. The predicted molar refractivity (Wildman–Crippen MR) is 106 cm³/mol. The fraction of sp³-hybridized carbons (Fsp3) is 1.00. The van der Waals surface area contributed by atoms with Gasteiger partial charge >= 0.3 is 0 Å². The molecule has 2 aliphatic rings. The van der Waals surface area contributed by atoms with Crippen LogP contribution in [0.1, 0.15) is 108 Å². The Hall–Kier alpha value is -0.0800. The van der Waals surface area contributed by atoms with Crippen LogP contribution in [-0.2, 0) is 9.78 Å². The summed E-state index contributed by atoms with van der Waals surface area (Å²) >= 11 is 0. The molecule has 3 unspecified atom stereocenters. The van der Waals surface area contributed by atoms with Gasteiger partial charge in [-0.1, -0.05) is 88.5 Å². The van der Waals surface area contributed by atoms with Crippen LogP contribution in [0.3, 0.4) is 0 Å². The summed E-state index contributed by atoms with van der Waals surface area (Å²) in [6.45, 7) is 24.1. The Balaban J connectivity index is 2.61. The summed E-state index contributed by atoms with van der Waals surface area (Å²) in [5.41, 5.74) is 0.375. The Morgan fingerprint density at radius 3 is 1.88 bits per heavy atom. The van der Waals surface area contributed by atoms with E-state index in [1.807, 2.05) is 0 Å². The van der Waals surface area contributed by atoms with Crippen molar-refractivity contribution in [2.24, 2.45) is 27.6 Å². The zero-order chi connectivity index (χ0) is 19.3. The van der Waals surface area contributed by atoms with Gasteiger partial charge in [-0.05, 0) is 41.4 Å². The monoisotopic (exact) mass is 352 g/mol. The normalized spacial score (nSPS) is 32.9. The Kier molecular flexibility index (Phi) is 5.53. The summed E-state index contributed by atoms with van der Waals surface area (Å²) < 4.78 is 0. The zero-order valence-corrected chi connectivity index (χ0v) is 18.7. The third-order valence-corrected chi connectivity index (χ3v) is 7.39. The molecule has 0 bridgehead atoms. The van der Waals surface area contributed by atoms with E-state index in [0.29, 0.717) is 5.92 Å². The van der Waals surface area contributed by atoms with Crippen molar-refractivity contribution >= 4 is 0 Å². The van der Waals surface area contributed by atoms with Gasteiger partial charge in [0.05, 0.1) is 0 Å². The number of hydrogen-bond acceptors (Lipinski definition) is 2. The number of fused-ring (bicyclic) bond motifs is 1. The van der Waals surface area contributed by atoms with Crippen molar-refractivity contribution in [3.63, 3.8) is 0 Å². The largest absolute Gasteiger partial charge is 0.229 e. The van der Waals surface area contributed by atoms with E-state index in [1.54, 1.807) is 0 Å². The highest BCUT2D eigenvalue weighted by atomic mass is 17.3. The van der Waals surface area contributed by atoms with Crippen molar-refractivity contribution in [2.75, 3.05) is 0 Å². The Morgan fingerprint density at radius 1 is 0.920 bits per heavy atom. The minimum atomic E-state index is -0.168. The van der Waals surface area contributed by atoms with Gasteiger partial charge in [0.1, 0.15) is 11.7 Å². The molecular weight excluding hydrogens is 308 g/mol. The van der Waals surface area contributed by atoms with E-state index in [1.165, 1.54) is 32.1 Å². The molecule has 0 aromatic carbocycles. The van der Waals surface area contributed by atoms with Gasteiger partial charge in [0, 0.05) is 5.41 Å². The lowest BCUT2D eigenvalue weighted by molar-refractivity contribution is -0.573. The molecule has 2 rings (SSSR count). The minimum Gasteiger partial charge on any atom is -0.229 e. The number of unbranched alkanes of at least 4 members (excludes halogenated alkanes) is 2. The summed E-state index contributed by atoms with van der Waals surface area (Å²) in [4.78, 5) is 12.2. The topological polar surface area (TPSA) is 18.5 Å². The average Bonchev–Trinajstić information content (AvgIpc) is 2.34. The van der Waals surface area contributed by atoms with E-state index in [0.717, 1.165) is 6.42 Å². The summed E-state index contributed by atoms with van der Waals surface area (Å²) in [6, 6.07) is 0. The first-order chi connectivity index (χ1) is 11.3. The summed E-state index contributed by atoms with van der Waals surface area (Å²) in [7, 11) is 0. The molecule has 1 saturated carbocycles. The first kappa shape index (κ1) is 21.2. The molecule has 0 radical (unpaired) electrons. The van der Waals surface area contributed by atoms with Gasteiger partial charge in [0.2, 0.25) is 0 Å². The smallest absolute Gasteiger partial charge is 0.140 e. The van der Waals surface area contributed by atoms with E-state index < -0.39 is 0 Å².